The van der Waals surface area contributed by atoms with Gasteiger partial charge in [-0.15, -0.1) is 0 Å². The maximum absolute atomic E-state index is 10.3. The number of aryl methyl sites for hydroxylation is 1. The monoisotopic (exact) mass is 388 g/mol. The summed E-state index contributed by atoms with van der Waals surface area (Å²) in [7, 11) is -4.39. The molecule has 1 aromatic rings. The summed E-state index contributed by atoms with van der Waals surface area (Å²) in [6.45, 7) is 2.77. The van der Waals surface area contributed by atoms with Gasteiger partial charge in [-0.2, -0.15) is 8.42 Å². The maximum atomic E-state index is 10.3. The molecule has 0 saturated heterocycles. The van der Waals surface area contributed by atoms with Crippen LogP contribution in [0.2, 0.25) is 0 Å². The predicted molar refractivity (Wildman–Crippen MR) is 102 cm³/mol. The molecule has 0 aromatic heterocycles. The van der Waals surface area contributed by atoms with Crippen molar-refractivity contribution in [2.75, 3.05) is 26.4 Å². The number of hydrogen-bond acceptors (Lipinski definition) is 5. The summed E-state index contributed by atoms with van der Waals surface area (Å²) >= 11 is 0. The van der Waals surface area contributed by atoms with E-state index in [4.69, 9.17) is 14.0 Å². The topological polar surface area (TPSA) is 82.1 Å². The summed E-state index contributed by atoms with van der Waals surface area (Å²) in [5.74, 6) is 0.783. The fraction of sp³-hybridized carbons (Fsp3) is 0.684. The van der Waals surface area contributed by atoms with Gasteiger partial charge in [-0.3, -0.25) is 4.55 Å². The summed E-state index contributed by atoms with van der Waals surface area (Å²) in [6, 6.07) is 8.09. The third-order valence-corrected chi connectivity index (χ3v) is 4.41. The van der Waals surface area contributed by atoms with Crippen molar-refractivity contribution in [3.05, 3.63) is 29.8 Å². The van der Waals surface area contributed by atoms with Gasteiger partial charge in [-0.1, -0.05) is 57.6 Å². The summed E-state index contributed by atoms with van der Waals surface area (Å²) in [6.07, 6.45) is 10.3. The molecule has 0 unspecified atom stereocenters. The molecule has 0 aliphatic rings. The van der Waals surface area contributed by atoms with Crippen molar-refractivity contribution in [3.8, 4) is 5.75 Å². The molecular weight excluding hydrogens is 356 g/mol. The second-order valence-corrected chi connectivity index (χ2v) is 7.32. The average molecular weight is 389 g/mol. The van der Waals surface area contributed by atoms with Crippen molar-refractivity contribution in [1.82, 2.24) is 0 Å². The molecule has 0 aliphatic heterocycles. The van der Waals surface area contributed by atoms with Crippen LogP contribution in [0.1, 0.15) is 57.4 Å². The quantitative estimate of drug-likeness (QED) is 0.338. The van der Waals surface area contributed by atoms with Crippen molar-refractivity contribution in [2.24, 2.45) is 0 Å². The molecule has 0 saturated carbocycles. The van der Waals surface area contributed by atoms with E-state index in [1.807, 2.05) is 12.1 Å². The van der Waals surface area contributed by atoms with Crippen molar-refractivity contribution >= 4 is 10.4 Å². The molecule has 0 heterocycles. The minimum Gasteiger partial charge on any atom is -0.491 e. The smallest absolute Gasteiger partial charge is 0.397 e. The Labute approximate surface area is 157 Å². The van der Waals surface area contributed by atoms with E-state index in [1.54, 1.807) is 0 Å². The molecule has 6 nitrogen and oxygen atoms in total. The second kappa shape index (κ2) is 14.0. The standard InChI is InChI=1S/C19H32O6S/c1-2-3-4-5-6-7-8-9-18-10-12-19(13-11-18)24-16-14-23-15-17-25-26(20,21)22/h10-13H,2-9,14-17H2,1H3,(H,20,21,22). The number of benzene rings is 1. The molecule has 0 radical (unpaired) electrons. The number of hydrogen-bond donors (Lipinski definition) is 1. The molecule has 1 N–H and O–H groups in total. The first-order valence-electron chi connectivity index (χ1n) is 9.42. The summed E-state index contributed by atoms with van der Waals surface area (Å²) in [5, 5.41) is 0. The van der Waals surface area contributed by atoms with E-state index in [9.17, 15) is 8.42 Å². The number of ether oxygens (including phenoxy) is 2. The molecule has 0 aliphatic carbocycles. The van der Waals surface area contributed by atoms with Gasteiger partial charge in [0, 0.05) is 0 Å². The van der Waals surface area contributed by atoms with Crippen LogP contribution in [0.15, 0.2) is 24.3 Å². The first-order chi connectivity index (χ1) is 12.5. The van der Waals surface area contributed by atoms with Gasteiger partial charge in [0.15, 0.2) is 0 Å². The second-order valence-electron chi connectivity index (χ2n) is 6.23. The SMILES string of the molecule is CCCCCCCCCc1ccc(OCCOCCOS(=O)(=O)O)cc1. The van der Waals surface area contributed by atoms with Crippen LogP contribution in [0.3, 0.4) is 0 Å². The molecule has 1 aromatic carbocycles. The van der Waals surface area contributed by atoms with Crippen molar-refractivity contribution in [1.29, 1.82) is 0 Å². The van der Waals surface area contributed by atoms with Crippen LogP contribution in [0.5, 0.6) is 5.75 Å². The zero-order valence-electron chi connectivity index (χ0n) is 15.7. The minimum atomic E-state index is -4.39. The van der Waals surface area contributed by atoms with E-state index in [-0.39, 0.29) is 13.2 Å². The van der Waals surface area contributed by atoms with Gasteiger partial charge in [0.1, 0.15) is 12.4 Å². The van der Waals surface area contributed by atoms with Crippen LogP contribution in [0.25, 0.3) is 0 Å². The van der Waals surface area contributed by atoms with Gasteiger partial charge in [0.05, 0.1) is 19.8 Å². The van der Waals surface area contributed by atoms with E-state index in [0.29, 0.717) is 13.2 Å². The zero-order valence-corrected chi connectivity index (χ0v) is 16.5. The highest BCUT2D eigenvalue weighted by atomic mass is 32.3. The van der Waals surface area contributed by atoms with Crippen LogP contribution >= 0.6 is 0 Å². The highest BCUT2D eigenvalue weighted by Crippen LogP contribution is 2.15. The molecular formula is C19H32O6S. The van der Waals surface area contributed by atoms with Gasteiger partial charge in [0.2, 0.25) is 0 Å². The third kappa shape index (κ3) is 13.1. The zero-order chi connectivity index (χ0) is 19.1. The molecule has 0 bridgehead atoms. The average Bonchev–Trinajstić information content (AvgIpc) is 2.60. The van der Waals surface area contributed by atoms with Crippen LogP contribution < -0.4 is 4.74 Å². The molecule has 26 heavy (non-hydrogen) atoms. The van der Waals surface area contributed by atoms with Crippen LogP contribution in [-0.2, 0) is 25.7 Å². The Balaban J connectivity index is 2.04. The third-order valence-electron chi connectivity index (χ3n) is 3.95. The summed E-state index contributed by atoms with van der Waals surface area (Å²) in [5.41, 5.74) is 1.32. The fourth-order valence-corrected chi connectivity index (χ4v) is 2.84. The first kappa shape index (κ1) is 22.9. The molecule has 150 valence electrons. The van der Waals surface area contributed by atoms with Crippen molar-refractivity contribution in [3.63, 3.8) is 0 Å². The van der Waals surface area contributed by atoms with E-state index in [0.717, 1.165) is 12.2 Å². The largest absolute Gasteiger partial charge is 0.491 e. The van der Waals surface area contributed by atoms with Gasteiger partial charge >= 0.3 is 10.4 Å². The maximum Gasteiger partial charge on any atom is 0.397 e. The number of unbranched alkanes of at least 4 members (excludes halogenated alkanes) is 6. The Morgan fingerprint density at radius 2 is 1.46 bits per heavy atom. The molecule has 1 rings (SSSR count). The Morgan fingerprint density at radius 1 is 0.846 bits per heavy atom. The van der Waals surface area contributed by atoms with Gasteiger partial charge < -0.3 is 9.47 Å². The minimum absolute atomic E-state index is 0.0700. The van der Waals surface area contributed by atoms with E-state index < -0.39 is 10.4 Å². The Kier molecular flexibility index (Phi) is 12.3. The lowest BCUT2D eigenvalue weighted by atomic mass is 10.0. The lowest BCUT2D eigenvalue weighted by Crippen LogP contribution is -2.13. The Bertz CT molecular complexity index is 556. The molecule has 0 atom stereocenters. The van der Waals surface area contributed by atoms with E-state index in [2.05, 4.69) is 23.2 Å². The van der Waals surface area contributed by atoms with Gasteiger partial charge in [0.25, 0.3) is 0 Å². The van der Waals surface area contributed by atoms with E-state index >= 15 is 0 Å². The lowest BCUT2D eigenvalue weighted by Gasteiger charge is -2.08. The summed E-state index contributed by atoms with van der Waals surface area (Å²) < 4.78 is 43.9. The van der Waals surface area contributed by atoms with Crippen LogP contribution in [0.4, 0.5) is 0 Å². The molecule has 0 amide bonds. The lowest BCUT2D eigenvalue weighted by molar-refractivity contribution is 0.0748. The molecule has 0 fully saturated rings. The van der Waals surface area contributed by atoms with E-state index in [1.165, 1.54) is 50.5 Å². The fourth-order valence-electron chi connectivity index (χ4n) is 2.56. The first-order valence-corrected chi connectivity index (χ1v) is 10.8. The Morgan fingerprint density at radius 3 is 2.12 bits per heavy atom. The van der Waals surface area contributed by atoms with Crippen molar-refractivity contribution < 1.29 is 26.6 Å². The van der Waals surface area contributed by atoms with Gasteiger partial charge in [-0.25, -0.2) is 4.18 Å². The molecule has 7 heteroatoms. The van der Waals surface area contributed by atoms with Gasteiger partial charge in [-0.05, 0) is 30.5 Å². The van der Waals surface area contributed by atoms with Crippen molar-refractivity contribution in [2.45, 2.75) is 58.3 Å². The highest BCUT2D eigenvalue weighted by Gasteiger charge is 2.03. The molecule has 0 spiro atoms. The normalized spacial score (nSPS) is 11.6. The highest BCUT2D eigenvalue weighted by molar-refractivity contribution is 7.80. The predicted octanol–water partition coefficient (Wildman–Crippen LogP) is 4.19. The Hall–Kier alpha value is -1.15. The van der Waals surface area contributed by atoms with Crippen LogP contribution in [0, 0.1) is 0 Å². The summed E-state index contributed by atoms with van der Waals surface area (Å²) in [4.78, 5) is 0. The van der Waals surface area contributed by atoms with Crippen LogP contribution in [-0.4, -0.2) is 39.4 Å². The number of rotatable bonds is 16.